The third-order valence-corrected chi connectivity index (χ3v) is 7.21. The Bertz CT molecular complexity index is 1170. The fraction of sp³-hybridized carbons (Fsp3) is 0.379. The predicted octanol–water partition coefficient (Wildman–Crippen LogP) is 6.17. The number of fused-ring (bicyclic) bond motifs is 1. The zero-order chi connectivity index (χ0) is 22.8. The van der Waals surface area contributed by atoms with Crippen molar-refractivity contribution >= 4 is 22.9 Å². The minimum Gasteiger partial charge on any atom is -0.488 e. The number of carbonyl (C=O) groups excluding carboxylic acids is 1. The lowest BCUT2D eigenvalue weighted by molar-refractivity contribution is -0.137. The zero-order valence-corrected chi connectivity index (χ0v) is 19.6. The quantitative estimate of drug-likeness (QED) is 0.460. The first-order chi connectivity index (χ1) is 16.0. The fourth-order valence-corrected chi connectivity index (χ4v) is 4.68. The first-order valence-electron chi connectivity index (χ1n) is 12.1. The molecule has 33 heavy (non-hydrogen) atoms. The van der Waals surface area contributed by atoms with E-state index < -0.39 is 0 Å². The van der Waals surface area contributed by atoms with Gasteiger partial charge in [-0.15, -0.1) is 0 Å². The summed E-state index contributed by atoms with van der Waals surface area (Å²) >= 11 is 0. The molecule has 0 unspecified atom stereocenters. The van der Waals surface area contributed by atoms with Crippen LogP contribution in [0.2, 0.25) is 0 Å². The molecular weight excluding hydrogens is 408 g/mol. The summed E-state index contributed by atoms with van der Waals surface area (Å²) in [4.78, 5) is 19.6. The number of aromatic nitrogens is 1. The highest BCUT2D eigenvalue weighted by atomic mass is 16.5. The molecule has 170 valence electrons. The van der Waals surface area contributed by atoms with E-state index >= 15 is 0 Å². The molecule has 0 spiro atoms. The molecule has 1 amide bonds. The summed E-state index contributed by atoms with van der Waals surface area (Å²) in [7, 11) is 0. The Balaban J connectivity index is 1.32. The molecule has 3 aromatic rings. The Morgan fingerprint density at radius 2 is 1.79 bits per heavy atom. The molecule has 1 aliphatic heterocycles. The number of hydrogen-bond donors (Lipinski definition) is 0. The average molecular weight is 441 g/mol. The molecule has 1 aromatic heterocycles. The van der Waals surface area contributed by atoms with E-state index in [9.17, 15) is 4.79 Å². The maximum Gasteiger partial charge on any atom is 0.228 e. The molecule has 2 fully saturated rings. The number of hydrogen-bond acceptors (Lipinski definition) is 3. The number of ether oxygens (including phenoxy) is 1. The van der Waals surface area contributed by atoms with Gasteiger partial charge in [-0.25, -0.2) is 4.98 Å². The number of rotatable bonds is 6. The SMILES string of the molecule is Cc1c(/C=C/C2CCN(C(=O)C3(C)CC3)CC2)nc2ccccc2c1OCc1ccccc1. The van der Waals surface area contributed by atoms with Gasteiger partial charge in [-0.3, -0.25) is 4.79 Å². The number of pyridine rings is 1. The minimum atomic E-state index is -0.0645. The molecule has 0 radical (unpaired) electrons. The fourth-order valence-electron chi connectivity index (χ4n) is 4.68. The topological polar surface area (TPSA) is 42.4 Å². The third kappa shape index (κ3) is 4.66. The van der Waals surface area contributed by atoms with Crippen LogP contribution in [0.3, 0.4) is 0 Å². The van der Waals surface area contributed by atoms with Crippen LogP contribution in [0.5, 0.6) is 5.75 Å². The molecule has 0 N–H and O–H groups in total. The van der Waals surface area contributed by atoms with Crippen molar-refractivity contribution in [1.29, 1.82) is 0 Å². The molecule has 0 atom stereocenters. The zero-order valence-electron chi connectivity index (χ0n) is 19.6. The smallest absolute Gasteiger partial charge is 0.228 e. The maximum atomic E-state index is 12.6. The van der Waals surface area contributed by atoms with E-state index in [1.165, 1.54) is 0 Å². The Morgan fingerprint density at radius 1 is 1.09 bits per heavy atom. The number of likely N-dealkylation sites (tertiary alicyclic amines) is 1. The summed E-state index contributed by atoms with van der Waals surface area (Å²) in [5, 5.41) is 1.04. The van der Waals surface area contributed by atoms with Crippen molar-refractivity contribution in [1.82, 2.24) is 9.88 Å². The molecule has 1 saturated carbocycles. The first-order valence-corrected chi connectivity index (χ1v) is 12.1. The van der Waals surface area contributed by atoms with Crippen LogP contribution < -0.4 is 4.74 Å². The lowest BCUT2D eigenvalue weighted by Gasteiger charge is -2.32. The summed E-state index contributed by atoms with van der Waals surface area (Å²) in [6.45, 7) is 6.45. The minimum absolute atomic E-state index is 0.0645. The number of benzene rings is 2. The van der Waals surface area contributed by atoms with Crippen molar-refractivity contribution in [3.63, 3.8) is 0 Å². The van der Waals surface area contributed by atoms with Crippen molar-refractivity contribution in [3.8, 4) is 5.75 Å². The molecule has 5 rings (SSSR count). The van der Waals surface area contributed by atoms with Gasteiger partial charge in [-0.2, -0.15) is 0 Å². The number of para-hydroxylation sites is 1. The Hall–Kier alpha value is -3.14. The molecule has 0 bridgehead atoms. The number of nitrogens with zero attached hydrogens (tertiary/aromatic N) is 2. The van der Waals surface area contributed by atoms with Crippen LogP contribution in [0, 0.1) is 18.3 Å². The van der Waals surface area contributed by atoms with E-state index in [1.807, 2.05) is 36.4 Å². The highest BCUT2D eigenvalue weighted by Gasteiger charge is 2.47. The van der Waals surface area contributed by atoms with E-state index in [-0.39, 0.29) is 5.41 Å². The number of piperidine rings is 1. The van der Waals surface area contributed by atoms with Gasteiger partial charge >= 0.3 is 0 Å². The highest BCUT2D eigenvalue weighted by molar-refractivity contribution is 5.88. The Morgan fingerprint density at radius 3 is 2.52 bits per heavy atom. The Kier molecular flexibility index (Phi) is 5.92. The standard InChI is InChI=1S/C29H32N2O2/c1-21-25(13-12-22-14-18-31(19-15-22)28(32)29(2)16-17-29)30-26-11-7-6-10-24(26)27(21)33-20-23-8-4-3-5-9-23/h3-13,22H,14-20H2,1-2H3/b13-12+. The van der Waals surface area contributed by atoms with Crippen LogP contribution in [0.4, 0.5) is 0 Å². The Labute approximate surface area is 196 Å². The molecular formula is C29H32N2O2. The lowest BCUT2D eigenvalue weighted by Crippen LogP contribution is -2.41. The molecule has 4 heteroatoms. The summed E-state index contributed by atoms with van der Waals surface area (Å²) in [6.07, 6.45) is 8.57. The lowest BCUT2D eigenvalue weighted by atomic mass is 9.94. The van der Waals surface area contributed by atoms with Gasteiger partial charge in [0.25, 0.3) is 0 Å². The van der Waals surface area contributed by atoms with Gasteiger partial charge in [0, 0.05) is 29.5 Å². The van der Waals surface area contributed by atoms with E-state index in [4.69, 9.17) is 9.72 Å². The van der Waals surface area contributed by atoms with Gasteiger partial charge in [-0.1, -0.05) is 55.5 Å². The van der Waals surface area contributed by atoms with E-state index in [0.29, 0.717) is 18.4 Å². The molecule has 1 aliphatic carbocycles. The van der Waals surface area contributed by atoms with Gasteiger partial charge < -0.3 is 9.64 Å². The molecule has 2 heterocycles. The first kappa shape index (κ1) is 21.7. The van der Waals surface area contributed by atoms with Crippen molar-refractivity contribution in [2.45, 2.75) is 46.1 Å². The van der Waals surface area contributed by atoms with Gasteiger partial charge in [0.15, 0.2) is 0 Å². The second kappa shape index (κ2) is 9.01. The van der Waals surface area contributed by atoms with Crippen molar-refractivity contribution in [3.05, 3.63) is 77.5 Å². The largest absolute Gasteiger partial charge is 0.488 e. The van der Waals surface area contributed by atoms with E-state index in [1.54, 1.807) is 0 Å². The summed E-state index contributed by atoms with van der Waals surface area (Å²) in [6, 6.07) is 18.4. The van der Waals surface area contributed by atoms with Gasteiger partial charge in [0.1, 0.15) is 12.4 Å². The molecule has 2 aliphatic rings. The maximum absolute atomic E-state index is 12.6. The van der Waals surface area contributed by atoms with Crippen LogP contribution >= 0.6 is 0 Å². The van der Waals surface area contributed by atoms with Crippen LogP contribution in [0.15, 0.2) is 60.7 Å². The summed E-state index contributed by atoms with van der Waals surface area (Å²) < 4.78 is 6.33. The molecule has 4 nitrogen and oxygen atoms in total. The number of allylic oxidation sites excluding steroid dienone is 1. The van der Waals surface area contributed by atoms with Gasteiger partial charge in [-0.05, 0) is 62.3 Å². The molecule has 1 saturated heterocycles. The van der Waals surface area contributed by atoms with E-state index in [2.05, 4.69) is 49.1 Å². The third-order valence-electron chi connectivity index (χ3n) is 7.21. The second-order valence-electron chi connectivity index (χ2n) is 9.79. The van der Waals surface area contributed by atoms with Gasteiger partial charge in [0.2, 0.25) is 5.91 Å². The summed E-state index contributed by atoms with van der Waals surface area (Å²) in [5.74, 6) is 1.74. The van der Waals surface area contributed by atoms with Gasteiger partial charge in [0.05, 0.1) is 11.2 Å². The van der Waals surface area contributed by atoms with Crippen LogP contribution in [-0.2, 0) is 11.4 Å². The monoisotopic (exact) mass is 440 g/mol. The van der Waals surface area contributed by atoms with Crippen molar-refractivity contribution < 1.29 is 9.53 Å². The second-order valence-corrected chi connectivity index (χ2v) is 9.79. The molecule has 2 aromatic carbocycles. The van der Waals surface area contributed by atoms with Crippen LogP contribution in [0.25, 0.3) is 17.0 Å². The number of amides is 1. The van der Waals surface area contributed by atoms with E-state index in [0.717, 1.165) is 72.2 Å². The highest BCUT2D eigenvalue weighted by Crippen LogP contribution is 2.47. The number of carbonyl (C=O) groups is 1. The van der Waals surface area contributed by atoms with Crippen LogP contribution in [-0.4, -0.2) is 28.9 Å². The van der Waals surface area contributed by atoms with Crippen molar-refractivity contribution in [2.75, 3.05) is 13.1 Å². The normalized spacial score (nSPS) is 18.1. The predicted molar refractivity (Wildman–Crippen MR) is 133 cm³/mol. The average Bonchev–Trinajstić information content (AvgIpc) is 3.61. The summed E-state index contributed by atoms with van der Waals surface area (Å²) in [5.41, 5.74) is 4.06. The van der Waals surface area contributed by atoms with Crippen molar-refractivity contribution in [2.24, 2.45) is 11.3 Å². The van der Waals surface area contributed by atoms with Crippen LogP contribution in [0.1, 0.15) is 49.4 Å².